The maximum atomic E-state index is 13.5. The van der Waals surface area contributed by atoms with E-state index in [9.17, 15) is 10.1 Å². The summed E-state index contributed by atoms with van der Waals surface area (Å²) in [4.78, 5) is 17.9. The third kappa shape index (κ3) is 4.54. The van der Waals surface area contributed by atoms with Crippen LogP contribution in [0, 0.1) is 64.1 Å². The van der Waals surface area contributed by atoms with Gasteiger partial charge in [0.15, 0.2) is 5.78 Å². The fraction of sp³-hybridized carbons (Fsp3) is 0.828. The third-order valence-electron chi connectivity index (χ3n) is 10.3. The first-order valence-electron chi connectivity index (χ1n) is 13.8. The van der Waals surface area contributed by atoms with Gasteiger partial charge in [-0.1, -0.05) is 47.0 Å². The number of Topliss-reactive ketones (excluding diaryl/α,β-unsaturated/α-hetero) is 1. The van der Waals surface area contributed by atoms with Crippen LogP contribution in [0.4, 0.5) is 0 Å². The molecule has 4 aliphatic carbocycles. The molecule has 4 rings (SSSR count). The zero-order valence-corrected chi connectivity index (χ0v) is 21.4. The van der Waals surface area contributed by atoms with Crippen LogP contribution in [0.2, 0.25) is 0 Å². The van der Waals surface area contributed by atoms with Crippen molar-refractivity contribution in [3.63, 3.8) is 0 Å². The Kier molecular flexibility index (Phi) is 7.37. The molecule has 4 heteroatoms. The number of nitriles is 1. The predicted octanol–water partition coefficient (Wildman–Crippen LogP) is 6.31. The Bertz CT molecular complexity index is 834. The Balaban J connectivity index is 1.47. The highest BCUT2D eigenvalue weighted by Crippen LogP contribution is 2.65. The summed E-state index contributed by atoms with van der Waals surface area (Å²) in [6, 6.07) is 2.18. The van der Waals surface area contributed by atoms with Crippen LogP contribution in [0.5, 0.6) is 0 Å². The lowest BCUT2D eigenvalue weighted by Gasteiger charge is -2.54. The highest BCUT2D eigenvalue weighted by atomic mass is 16.1. The predicted molar refractivity (Wildman–Crippen MR) is 134 cm³/mol. The highest BCUT2D eigenvalue weighted by molar-refractivity contribution is 5.89. The smallest absolute Gasteiger partial charge is 0.158 e. The van der Waals surface area contributed by atoms with Gasteiger partial charge >= 0.3 is 0 Å². The molecule has 0 amide bonds. The van der Waals surface area contributed by atoms with Crippen molar-refractivity contribution in [1.29, 1.82) is 5.26 Å². The van der Waals surface area contributed by atoms with Gasteiger partial charge < -0.3 is 5.73 Å². The topological polar surface area (TPSA) is 79.2 Å². The quantitative estimate of drug-likeness (QED) is 0.347. The van der Waals surface area contributed by atoms with Crippen molar-refractivity contribution in [2.24, 2.45) is 63.5 Å². The van der Waals surface area contributed by atoms with Gasteiger partial charge in [-0.3, -0.25) is 9.79 Å². The molecule has 4 saturated carbocycles. The molecule has 0 saturated heterocycles. The normalized spacial score (nSPS) is 41.2. The first-order chi connectivity index (χ1) is 15.8. The number of nitrogens with zero attached hydrogens (tertiary/aromatic N) is 2. The number of allylic oxidation sites excluding steroid dienone is 2. The second-order valence-corrected chi connectivity index (χ2v) is 12.1. The molecule has 0 aliphatic heterocycles. The van der Waals surface area contributed by atoms with Crippen molar-refractivity contribution in [3.8, 4) is 6.07 Å². The van der Waals surface area contributed by atoms with Gasteiger partial charge in [-0.2, -0.15) is 5.26 Å². The minimum absolute atomic E-state index is 0.101. The van der Waals surface area contributed by atoms with Crippen molar-refractivity contribution in [3.05, 3.63) is 11.3 Å². The number of hydrogen-bond acceptors (Lipinski definition) is 4. The third-order valence-corrected chi connectivity index (χ3v) is 10.3. The second kappa shape index (κ2) is 9.93. The van der Waals surface area contributed by atoms with Crippen LogP contribution >= 0.6 is 0 Å². The van der Waals surface area contributed by atoms with Crippen LogP contribution in [-0.4, -0.2) is 18.5 Å². The van der Waals surface area contributed by atoms with Crippen LogP contribution in [0.1, 0.15) is 91.9 Å². The van der Waals surface area contributed by atoms with Crippen molar-refractivity contribution in [2.45, 2.75) is 91.9 Å². The van der Waals surface area contributed by atoms with E-state index in [4.69, 9.17) is 5.73 Å². The van der Waals surface area contributed by atoms with Crippen molar-refractivity contribution in [2.75, 3.05) is 6.54 Å². The Morgan fingerprint density at radius 3 is 2.58 bits per heavy atom. The standard InChI is InChI=1S/C29H45N3O/c1-5-7-22-19(6-2)10-11-24-23(22)12-13-29(4)25(24)14-18(3)27(29)26(33)17-32-16-21(15-30)28(31)20-8-9-20/h16,18-20,22-25,27H,5-14,17,31H2,1-4H3. The number of rotatable bonds is 8. The molecule has 0 bridgehead atoms. The molecular weight excluding hydrogens is 406 g/mol. The summed E-state index contributed by atoms with van der Waals surface area (Å²) < 4.78 is 0. The van der Waals surface area contributed by atoms with E-state index in [0.29, 0.717) is 29.0 Å². The van der Waals surface area contributed by atoms with Gasteiger partial charge in [0.25, 0.3) is 0 Å². The van der Waals surface area contributed by atoms with Crippen LogP contribution in [-0.2, 0) is 4.79 Å². The van der Waals surface area contributed by atoms with Crippen LogP contribution in [0.25, 0.3) is 0 Å². The molecule has 0 aromatic heterocycles. The van der Waals surface area contributed by atoms with Crippen LogP contribution in [0.15, 0.2) is 16.3 Å². The van der Waals surface area contributed by atoms with Gasteiger partial charge in [-0.05, 0) is 91.8 Å². The lowest BCUT2D eigenvalue weighted by atomic mass is 9.50. The van der Waals surface area contributed by atoms with Crippen LogP contribution in [0.3, 0.4) is 0 Å². The van der Waals surface area contributed by atoms with E-state index in [1.54, 1.807) is 6.21 Å². The zero-order chi connectivity index (χ0) is 23.8. The summed E-state index contributed by atoms with van der Waals surface area (Å²) in [6.45, 7) is 9.65. The van der Waals surface area contributed by atoms with Gasteiger partial charge in [0.05, 0.1) is 12.1 Å². The number of carbonyl (C=O) groups is 1. The summed E-state index contributed by atoms with van der Waals surface area (Å²) in [5, 5.41) is 9.43. The minimum Gasteiger partial charge on any atom is -0.401 e. The second-order valence-electron chi connectivity index (χ2n) is 12.1. The molecule has 182 valence electrons. The van der Waals surface area contributed by atoms with Gasteiger partial charge in [0.1, 0.15) is 6.07 Å². The lowest BCUT2D eigenvalue weighted by Crippen LogP contribution is -2.48. The molecule has 8 unspecified atom stereocenters. The first kappa shape index (κ1) is 24.5. The number of fused-ring (bicyclic) bond motifs is 3. The Labute approximate surface area is 201 Å². The number of carbonyl (C=O) groups excluding carboxylic acids is 1. The first-order valence-corrected chi connectivity index (χ1v) is 13.8. The molecule has 0 aromatic rings. The number of aliphatic imine (C=N–C) groups is 1. The van der Waals surface area contributed by atoms with Gasteiger partial charge in [-0.25, -0.2) is 0 Å². The van der Waals surface area contributed by atoms with E-state index in [1.165, 1.54) is 51.4 Å². The summed E-state index contributed by atoms with van der Waals surface area (Å²) in [7, 11) is 0. The molecule has 0 aromatic carbocycles. The van der Waals surface area contributed by atoms with E-state index in [1.807, 2.05) is 0 Å². The maximum Gasteiger partial charge on any atom is 0.158 e. The van der Waals surface area contributed by atoms with Gasteiger partial charge in [0, 0.05) is 17.8 Å². The number of hydrogen-bond donors (Lipinski definition) is 1. The lowest BCUT2D eigenvalue weighted by molar-refractivity contribution is -0.129. The Morgan fingerprint density at radius 2 is 1.94 bits per heavy atom. The molecular formula is C29H45N3O. The minimum atomic E-state index is 0.101. The Morgan fingerprint density at radius 1 is 1.18 bits per heavy atom. The van der Waals surface area contributed by atoms with Crippen molar-refractivity contribution >= 4 is 12.0 Å². The zero-order valence-electron chi connectivity index (χ0n) is 21.4. The number of nitrogens with two attached hydrogens (primary N) is 1. The van der Waals surface area contributed by atoms with E-state index >= 15 is 0 Å². The molecule has 4 fully saturated rings. The molecule has 4 aliphatic rings. The molecule has 0 spiro atoms. The van der Waals surface area contributed by atoms with E-state index < -0.39 is 0 Å². The van der Waals surface area contributed by atoms with Crippen molar-refractivity contribution < 1.29 is 4.79 Å². The van der Waals surface area contributed by atoms with E-state index in [-0.39, 0.29) is 23.7 Å². The molecule has 0 radical (unpaired) electrons. The SMILES string of the molecule is CCCC1C(CC)CCC2C1CCC1(C)C2CC(C)C1C(=O)CN=CC(C#N)=C(N)C1CC1. The highest BCUT2D eigenvalue weighted by Gasteiger charge is 2.59. The number of ketones is 1. The fourth-order valence-corrected chi connectivity index (χ4v) is 8.68. The Hall–Kier alpha value is -1.63. The maximum absolute atomic E-state index is 13.5. The summed E-state index contributed by atoms with van der Waals surface area (Å²) in [5.74, 6) is 5.30. The summed E-state index contributed by atoms with van der Waals surface area (Å²) in [5.41, 5.74) is 7.31. The molecule has 0 heterocycles. The molecule has 8 atom stereocenters. The molecule has 33 heavy (non-hydrogen) atoms. The van der Waals surface area contributed by atoms with E-state index in [0.717, 1.165) is 36.5 Å². The van der Waals surface area contributed by atoms with Crippen molar-refractivity contribution in [1.82, 2.24) is 0 Å². The molecule has 4 nitrogen and oxygen atoms in total. The van der Waals surface area contributed by atoms with Crippen LogP contribution < -0.4 is 5.73 Å². The van der Waals surface area contributed by atoms with Gasteiger partial charge in [0.2, 0.25) is 0 Å². The van der Waals surface area contributed by atoms with E-state index in [2.05, 4.69) is 38.8 Å². The summed E-state index contributed by atoms with van der Waals surface area (Å²) >= 11 is 0. The summed E-state index contributed by atoms with van der Waals surface area (Å²) in [6.07, 6.45) is 14.1. The average molecular weight is 452 g/mol. The largest absolute Gasteiger partial charge is 0.401 e. The monoisotopic (exact) mass is 451 g/mol. The average Bonchev–Trinajstić information content (AvgIpc) is 3.60. The fourth-order valence-electron chi connectivity index (χ4n) is 8.68. The van der Waals surface area contributed by atoms with Gasteiger partial charge in [-0.15, -0.1) is 0 Å². The molecule has 2 N–H and O–H groups in total.